The zero-order valence-corrected chi connectivity index (χ0v) is 17.9. The molecule has 0 bridgehead atoms. The molecule has 28 heavy (non-hydrogen) atoms. The van der Waals surface area contributed by atoms with Crippen LogP contribution in [0.3, 0.4) is 0 Å². The van der Waals surface area contributed by atoms with E-state index in [1.807, 2.05) is 27.7 Å². The van der Waals surface area contributed by atoms with E-state index < -0.39 is 0 Å². The number of carbonyl (C=O) groups is 2. The van der Waals surface area contributed by atoms with Crippen LogP contribution in [-0.2, 0) is 38.0 Å². The van der Waals surface area contributed by atoms with Crippen LogP contribution in [0.15, 0.2) is 0 Å². The predicted octanol–water partition coefficient (Wildman–Crippen LogP) is 2.23. The van der Waals surface area contributed by atoms with E-state index in [1.165, 1.54) is 0 Å². The Bertz CT molecular complexity index is 352. The summed E-state index contributed by atoms with van der Waals surface area (Å²) in [5.41, 5.74) is 0. The molecular weight excluding hydrogens is 368 g/mol. The van der Waals surface area contributed by atoms with E-state index in [4.69, 9.17) is 28.4 Å². The molecule has 0 spiro atoms. The summed E-state index contributed by atoms with van der Waals surface area (Å²) in [6.07, 6.45) is 0.516. The van der Waals surface area contributed by atoms with Crippen LogP contribution in [0.5, 0.6) is 0 Å². The lowest BCUT2D eigenvalue weighted by molar-refractivity contribution is -0.149. The highest BCUT2D eigenvalue weighted by Gasteiger charge is 2.20. The Labute approximate surface area is 169 Å². The molecular formula is C20H38O8. The Morgan fingerprint density at radius 1 is 0.571 bits per heavy atom. The molecule has 0 aromatic heterocycles. The van der Waals surface area contributed by atoms with Gasteiger partial charge in [0.1, 0.15) is 13.2 Å². The zero-order chi connectivity index (χ0) is 21.0. The predicted molar refractivity (Wildman–Crippen MR) is 104 cm³/mol. The molecule has 0 rings (SSSR count). The first kappa shape index (κ1) is 26.8. The lowest BCUT2D eigenvalue weighted by Gasteiger charge is -2.18. The quantitative estimate of drug-likeness (QED) is 0.238. The van der Waals surface area contributed by atoms with Crippen molar-refractivity contribution in [3.8, 4) is 0 Å². The third kappa shape index (κ3) is 16.9. The number of esters is 2. The minimum Gasteiger partial charge on any atom is -0.463 e. The number of carbonyl (C=O) groups excluding carboxylic acids is 2. The minimum absolute atomic E-state index is 0.0152. The normalized spacial score (nSPS) is 13.1. The summed E-state index contributed by atoms with van der Waals surface area (Å²) in [5.74, 6) is -0.546. The van der Waals surface area contributed by atoms with E-state index in [-0.39, 0.29) is 49.8 Å². The first-order chi connectivity index (χ1) is 13.5. The van der Waals surface area contributed by atoms with Crippen LogP contribution in [0.25, 0.3) is 0 Å². The molecule has 0 aliphatic heterocycles. The van der Waals surface area contributed by atoms with Crippen molar-refractivity contribution in [3.63, 3.8) is 0 Å². The molecule has 0 amide bonds. The molecule has 0 aliphatic carbocycles. The fraction of sp³-hybridized carbons (Fsp3) is 0.900. The van der Waals surface area contributed by atoms with Gasteiger partial charge in [0.15, 0.2) is 0 Å². The van der Waals surface area contributed by atoms with Crippen molar-refractivity contribution in [2.45, 2.75) is 40.5 Å². The van der Waals surface area contributed by atoms with Gasteiger partial charge in [0, 0.05) is 26.1 Å². The smallest absolute Gasteiger partial charge is 0.306 e. The largest absolute Gasteiger partial charge is 0.463 e. The van der Waals surface area contributed by atoms with Crippen molar-refractivity contribution >= 4 is 11.9 Å². The fourth-order valence-corrected chi connectivity index (χ4v) is 2.20. The van der Waals surface area contributed by atoms with Gasteiger partial charge in [-0.3, -0.25) is 9.59 Å². The lowest BCUT2D eigenvalue weighted by Crippen LogP contribution is -2.21. The Morgan fingerprint density at radius 3 is 1.25 bits per heavy atom. The van der Waals surface area contributed by atoms with Gasteiger partial charge in [0.05, 0.1) is 39.6 Å². The maximum atomic E-state index is 11.9. The second kappa shape index (κ2) is 19.1. The van der Waals surface area contributed by atoms with Gasteiger partial charge in [-0.1, -0.05) is 13.8 Å². The summed E-state index contributed by atoms with van der Waals surface area (Å²) < 4.78 is 31.1. The molecule has 2 atom stereocenters. The molecule has 0 heterocycles. The zero-order valence-electron chi connectivity index (χ0n) is 17.9. The van der Waals surface area contributed by atoms with Gasteiger partial charge in [0.25, 0.3) is 0 Å². The summed E-state index contributed by atoms with van der Waals surface area (Å²) in [6.45, 7) is 12.2. The molecule has 0 fully saturated rings. The Hall–Kier alpha value is -1.22. The monoisotopic (exact) mass is 406 g/mol. The van der Waals surface area contributed by atoms with Crippen LogP contribution in [-0.4, -0.2) is 78.0 Å². The summed E-state index contributed by atoms with van der Waals surface area (Å²) in [7, 11) is 0. The van der Waals surface area contributed by atoms with Crippen LogP contribution in [0.1, 0.15) is 40.5 Å². The molecule has 0 aliphatic rings. The number of hydrogen-bond acceptors (Lipinski definition) is 8. The fourth-order valence-electron chi connectivity index (χ4n) is 2.20. The maximum Gasteiger partial charge on any atom is 0.306 e. The molecule has 166 valence electrons. The average molecular weight is 407 g/mol. The SMILES string of the molecule is CCOCCOCCOC(=O)CC(C)C(C)CC(=O)OCCOCCOCC. The molecule has 0 aromatic carbocycles. The molecule has 8 nitrogen and oxygen atoms in total. The van der Waals surface area contributed by atoms with Crippen molar-refractivity contribution in [2.24, 2.45) is 11.8 Å². The molecule has 8 heteroatoms. The van der Waals surface area contributed by atoms with Gasteiger partial charge in [0.2, 0.25) is 0 Å². The van der Waals surface area contributed by atoms with E-state index in [0.717, 1.165) is 0 Å². The number of hydrogen-bond donors (Lipinski definition) is 0. The molecule has 0 aromatic rings. The highest BCUT2D eigenvalue weighted by Crippen LogP contribution is 2.19. The first-order valence-electron chi connectivity index (χ1n) is 10.1. The summed E-state index contributed by atoms with van der Waals surface area (Å²) in [4.78, 5) is 23.7. The summed E-state index contributed by atoms with van der Waals surface area (Å²) in [6, 6.07) is 0. The van der Waals surface area contributed by atoms with E-state index in [1.54, 1.807) is 0 Å². The van der Waals surface area contributed by atoms with Gasteiger partial charge in [-0.25, -0.2) is 0 Å². The van der Waals surface area contributed by atoms with Crippen LogP contribution in [0, 0.1) is 11.8 Å². The van der Waals surface area contributed by atoms with Gasteiger partial charge >= 0.3 is 11.9 Å². The number of ether oxygens (including phenoxy) is 6. The Morgan fingerprint density at radius 2 is 0.893 bits per heavy atom. The number of rotatable bonds is 19. The molecule has 0 radical (unpaired) electrons. The van der Waals surface area contributed by atoms with E-state index >= 15 is 0 Å². The first-order valence-corrected chi connectivity index (χ1v) is 10.1. The summed E-state index contributed by atoms with van der Waals surface area (Å²) >= 11 is 0. The highest BCUT2D eigenvalue weighted by molar-refractivity contribution is 5.71. The van der Waals surface area contributed by atoms with Crippen molar-refractivity contribution in [1.29, 1.82) is 0 Å². The molecule has 0 saturated carbocycles. The van der Waals surface area contributed by atoms with Crippen LogP contribution >= 0.6 is 0 Å². The molecule has 0 N–H and O–H groups in total. The third-order valence-corrected chi connectivity index (χ3v) is 4.08. The Balaban J connectivity index is 3.70. The lowest BCUT2D eigenvalue weighted by atomic mass is 9.90. The van der Waals surface area contributed by atoms with E-state index in [2.05, 4.69) is 0 Å². The van der Waals surface area contributed by atoms with Crippen molar-refractivity contribution < 1.29 is 38.0 Å². The van der Waals surface area contributed by atoms with Crippen molar-refractivity contribution in [1.82, 2.24) is 0 Å². The standard InChI is InChI=1S/C20H38O8/c1-5-23-7-9-25-11-13-27-19(21)15-17(3)18(4)16-20(22)28-14-12-26-10-8-24-6-2/h17-18H,5-16H2,1-4H3. The summed E-state index contributed by atoms with van der Waals surface area (Å²) in [5, 5.41) is 0. The van der Waals surface area contributed by atoms with Gasteiger partial charge in [-0.2, -0.15) is 0 Å². The minimum atomic E-state index is -0.288. The van der Waals surface area contributed by atoms with Gasteiger partial charge in [-0.15, -0.1) is 0 Å². The van der Waals surface area contributed by atoms with Crippen LogP contribution < -0.4 is 0 Å². The van der Waals surface area contributed by atoms with E-state index in [9.17, 15) is 9.59 Å². The maximum absolute atomic E-state index is 11.9. The second-order valence-corrected chi connectivity index (χ2v) is 6.42. The Kier molecular flexibility index (Phi) is 18.3. The average Bonchev–Trinajstić information content (AvgIpc) is 2.66. The van der Waals surface area contributed by atoms with Crippen molar-refractivity contribution in [3.05, 3.63) is 0 Å². The highest BCUT2D eigenvalue weighted by atomic mass is 16.6. The second-order valence-electron chi connectivity index (χ2n) is 6.42. The van der Waals surface area contributed by atoms with E-state index in [0.29, 0.717) is 52.9 Å². The molecule has 0 saturated heterocycles. The van der Waals surface area contributed by atoms with Crippen LogP contribution in [0.4, 0.5) is 0 Å². The molecule has 2 unspecified atom stereocenters. The van der Waals surface area contributed by atoms with Crippen molar-refractivity contribution in [2.75, 3.05) is 66.1 Å². The van der Waals surface area contributed by atoms with Gasteiger partial charge in [-0.05, 0) is 25.7 Å². The third-order valence-electron chi connectivity index (χ3n) is 4.08. The van der Waals surface area contributed by atoms with Crippen LogP contribution in [0.2, 0.25) is 0 Å². The van der Waals surface area contributed by atoms with Gasteiger partial charge < -0.3 is 28.4 Å². The topological polar surface area (TPSA) is 89.5 Å².